The van der Waals surface area contributed by atoms with Crippen molar-refractivity contribution in [2.75, 3.05) is 0 Å². The summed E-state index contributed by atoms with van der Waals surface area (Å²) in [6.45, 7) is 5.51. The first-order valence-corrected chi connectivity index (χ1v) is 7.12. The van der Waals surface area contributed by atoms with E-state index in [1.54, 1.807) is 6.07 Å². The number of nitrogens with one attached hydrogen (secondary N) is 2. The van der Waals surface area contributed by atoms with E-state index in [4.69, 9.17) is 9.15 Å². The molecule has 1 aromatic rings. The van der Waals surface area contributed by atoms with Crippen LogP contribution in [0, 0.1) is 10.8 Å². The van der Waals surface area contributed by atoms with Crippen LogP contribution in [0.25, 0.3) is 0 Å². The third kappa shape index (κ3) is 1.59. The van der Waals surface area contributed by atoms with Crippen molar-refractivity contribution in [1.82, 2.24) is 10.9 Å². The SMILES string of the molecule is CC1(C)[C@@]2(C)CC[C@]1(C(=O)NNC(=O)c1ccco1)OC2=O. The Balaban J connectivity index is 1.76. The molecule has 22 heavy (non-hydrogen) atoms. The van der Waals surface area contributed by atoms with Gasteiger partial charge in [0.2, 0.25) is 0 Å². The minimum Gasteiger partial charge on any atom is -0.459 e. The number of fused-ring (bicyclic) bond motifs is 2. The van der Waals surface area contributed by atoms with Crippen LogP contribution in [0.5, 0.6) is 0 Å². The fourth-order valence-electron chi connectivity index (χ4n) is 3.43. The molecule has 3 rings (SSSR count). The molecule has 1 aliphatic carbocycles. The fourth-order valence-corrected chi connectivity index (χ4v) is 3.43. The van der Waals surface area contributed by atoms with E-state index < -0.39 is 28.2 Å². The van der Waals surface area contributed by atoms with Crippen molar-refractivity contribution in [2.45, 2.75) is 39.2 Å². The third-order valence-corrected chi connectivity index (χ3v) is 5.48. The molecule has 0 radical (unpaired) electrons. The molecule has 7 nitrogen and oxygen atoms in total. The van der Waals surface area contributed by atoms with E-state index in [-0.39, 0.29) is 11.7 Å². The van der Waals surface area contributed by atoms with E-state index in [1.807, 2.05) is 20.8 Å². The highest BCUT2D eigenvalue weighted by molar-refractivity contribution is 5.98. The van der Waals surface area contributed by atoms with Gasteiger partial charge in [0.05, 0.1) is 11.7 Å². The fraction of sp³-hybridized carbons (Fsp3) is 0.533. The lowest BCUT2D eigenvalue weighted by molar-refractivity contribution is -0.168. The van der Waals surface area contributed by atoms with E-state index in [0.29, 0.717) is 12.8 Å². The van der Waals surface area contributed by atoms with Crippen molar-refractivity contribution in [3.05, 3.63) is 24.2 Å². The second-order valence-corrected chi connectivity index (χ2v) is 6.56. The van der Waals surface area contributed by atoms with Crippen molar-refractivity contribution in [2.24, 2.45) is 10.8 Å². The molecule has 0 unspecified atom stereocenters. The summed E-state index contributed by atoms with van der Waals surface area (Å²) in [7, 11) is 0. The number of esters is 1. The molecular weight excluding hydrogens is 288 g/mol. The molecule has 2 atom stereocenters. The number of hydrogen-bond acceptors (Lipinski definition) is 5. The number of ether oxygens (including phenoxy) is 1. The van der Waals surface area contributed by atoms with Gasteiger partial charge in [0.25, 0.3) is 5.91 Å². The molecule has 2 fully saturated rings. The molecule has 2 aliphatic rings. The second kappa shape index (κ2) is 4.34. The van der Waals surface area contributed by atoms with Gasteiger partial charge in [-0.25, -0.2) is 0 Å². The maximum Gasteiger partial charge on any atom is 0.313 e. The van der Waals surface area contributed by atoms with Crippen molar-refractivity contribution >= 4 is 17.8 Å². The topological polar surface area (TPSA) is 97.6 Å². The Morgan fingerprint density at radius 3 is 2.41 bits per heavy atom. The summed E-state index contributed by atoms with van der Waals surface area (Å²) in [5.74, 6) is -1.38. The lowest BCUT2D eigenvalue weighted by Crippen LogP contribution is -2.57. The number of furan rings is 1. The smallest absolute Gasteiger partial charge is 0.313 e. The van der Waals surface area contributed by atoms with E-state index in [2.05, 4.69) is 10.9 Å². The summed E-state index contributed by atoms with van der Waals surface area (Å²) in [6.07, 6.45) is 2.38. The van der Waals surface area contributed by atoms with Gasteiger partial charge >= 0.3 is 11.9 Å². The highest BCUT2D eigenvalue weighted by atomic mass is 16.6. The van der Waals surface area contributed by atoms with Gasteiger partial charge in [0.15, 0.2) is 11.4 Å². The number of carbonyl (C=O) groups is 3. The van der Waals surface area contributed by atoms with Gasteiger partial charge in [-0.15, -0.1) is 0 Å². The summed E-state index contributed by atoms with van der Waals surface area (Å²) in [4.78, 5) is 36.5. The average molecular weight is 306 g/mol. The Morgan fingerprint density at radius 1 is 1.18 bits per heavy atom. The van der Waals surface area contributed by atoms with E-state index in [0.717, 1.165) is 0 Å². The summed E-state index contributed by atoms with van der Waals surface area (Å²) in [5, 5.41) is 0. The number of amides is 2. The predicted molar refractivity (Wildman–Crippen MR) is 74.3 cm³/mol. The minimum atomic E-state index is -1.25. The minimum absolute atomic E-state index is 0.0803. The van der Waals surface area contributed by atoms with Crippen molar-refractivity contribution in [1.29, 1.82) is 0 Å². The average Bonchev–Trinajstić information content (AvgIpc) is 3.10. The first-order chi connectivity index (χ1) is 10.2. The van der Waals surface area contributed by atoms with Gasteiger partial charge < -0.3 is 9.15 Å². The zero-order valence-corrected chi connectivity index (χ0v) is 12.7. The zero-order valence-electron chi connectivity index (χ0n) is 12.7. The number of hydrogen-bond donors (Lipinski definition) is 2. The molecule has 2 bridgehead atoms. The molecule has 2 N–H and O–H groups in total. The summed E-state index contributed by atoms with van der Waals surface area (Å²) >= 11 is 0. The first kappa shape index (κ1) is 14.6. The highest BCUT2D eigenvalue weighted by Gasteiger charge is 2.75. The molecule has 2 amide bonds. The Labute approximate surface area is 127 Å². The van der Waals surface area contributed by atoms with Crippen molar-refractivity contribution < 1.29 is 23.5 Å². The van der Waals surface area contributed by atoms with Crippen LogP contribution in [-0.4, -0.2) is 23.4 Å². The van der Waals surface area contributed by atoms with Gasteiger partial charge in [-0.1, -0.05) is 13.8 Å². The van der Waals surface area contributed by atoms with Crippen LogP contribution in [0.4, 0.5) is 0 Å². The van der Waals surface area contributed by atoms with Gasteiger partial charge in [-0.2, -0.15) is 0 Å². The molecular formula is C15H18N2O5. The van der Waals surface area contributed by atoms with Gasteiger partial charge in [0, 0.05) is 5.41 Å². The maximum atomic E-state index is 12.6. The van der Waals surface area contributed by atoms with Gasteiger partial charge in [0.1, 0.15) is 0 Å². The van der Waals surface area contributed by atoms with Gasteiger partial charge in [-0.3, -0.25) is 25.2 Å². The second-order valence-electron chi connectivity index (χ2n) is 6.56. The van der Waals surface area contributed by atoms with Crippen LogP contribution in [0.2, 0.25) is 0 Å². The van der Waals surface area contributed by atoms with Crippen LogP contribution in [0.15, 0.2) is 22.8 Å². The van der Waals surface area contributed by atoms with Crippen LogP contribution in [0.1, 0.15) is 44.2 Å². The molecule has 0 aromatic carbocycles. The van der Waals surface area contributed by atoms with Crippen LogP contribution in [0.3, 0.4) is 0 Å². The highest BCUT2D eigenvalue weighted by Crippen LogP contribution is 2.65. The normalized spacial score (nSPS) is 31.7. The Hall–Kier alpha value is -2.31. The largest absolute Gasteiger partial charge is 0.459 e. The van der Waals surface area contributed by atoms with E-state index >= 15 is 0 Å². The third-order valence-electron chi connectivity index (χ3n) is 5.48. The van der Waals surface area contributed by atoms with Crippen LogP contribution < -0.4 is 10.9 Å². The molecule has 1 aliphatic heterocycles. The monoisotopic (exact) mass is 306 g/mol. The number of rotatable bonds is 2. The molecule has 0 spiro atoms. The lowest BCUT2D eigenvalue weighted by atomic mass is 9.66. The van der Waals surface area contributed by atoms with Crippen LogP contribution in [-0.2, 0) is 14.3 Å². The Morgan fingerprint density at radius 2 is 1.91 bits per heavy atom. The molecule has 1 saturated heterocycles. The summed E-state index contributed by atoms with van der Waals surface area (Å²) in [6, 6.07) is 3.05. The molecule has 2 heterocycles. The van der Waals surface area contributed by atoms with E-state index in [9.17, 15) is 14.4 Å². The predicted octanol–water partition coefficient (Wildman–Crippen LogP) is 1.16. The van der Waals surface area contributed by atoms with Crippen molar-refractivity contribution in [3.8, 4) is 0 Å². The molecule has 7 heteroatoms. The Bertz CT molecular complexity index is 651. The van der Waals surface area contributed by atoms with E-state index in [1.165, 1.54) is 12.3 Å². The van der Waals surface area contributed by atoms with Gasteiger partial charge in [-0.05, 0) is 31.9 Å². The number of hydrazine groups is 1. The molecule has 1 aromatic heterocycles. The summed E-state index contributed by atoms with van der Waals surface area (Å²) in [5.41, 5.74) is 2.03. The lowest BCUT2D eigenvalue weighted by Gasteiger charge is -2.35. The zero-order chi connectivity index (χ0) is 16.2. The van der Waals surface area contributed by atoms with Crippen LogP contribution >= 0.6 is 0 Å². The molecule has 1 saturated carbocycles. The van der Waals surface area contributed by atoms with Crippen molar-refractivity contribution in [3.63, 3.8) is 0 Å². The number of carbonyl (C=O) groups excluding carboxylic acids is 3. The maximum absolute atomic E-state index is 12.6. The Kier molecular flexibility index (Phi) is 2.89. The first-order valence-electron chi connectivity index (χ1n) is 7.12. The standard InChI is InChI=1S/C15H18N2O5/c1-13(2)14(3)6-7-15(13,22-12(14)20)11(19)17-16-10(18)9-5-4-8-21-9/h4-5,8H,6-7H2,1-3H3,(H,16,18)(H,17,19)/t14-,15+/m0/s1. The molecule has 118 valence electrons. The quantitative estimate of drug-likeness (QED) is 0.631. The summed E-state index contributed by atoms with van der Waals surface area (Å²) < 4.78 is 10.4.